The van der Waals surface area contributed by atoms with E-state index in [1.165, 1.54) is 12.0 Å². The highest BCUT2D eigenvalue weighted by Crippen LogP contribution is 2.31. The van der Waals surface area contributed by atoms with E-state index < -0.39 is 0 Å². The molecule has 2 rings (SSSR count). The summed E-state index contributed by atoms with van der Waals surface area (Å²) in [7, 11) is 1.96. The summed E-state index contributed by atoms with van der Waals surface area (Å²) in [5.74, 6) is 0.906. The molecule has 0 bridgehead atoms. The lowest BCUT2D eigenvalue weighted by atomic mass is 9.90. The van der Waals surface area contributed by atoms with Crippen molar-refractivity contribution >= 4 is 0 Å². The molecule has 1 aliphatic rings. The molecule has 0 amide bonds. The number of nitrogens with one attached hydrogen (secondary N) is 3. The molecule has 1 aromatic carbocycles. The average molecular weight is 468 g/mol. The fourth-order valence-electron chi connectivity index (χ4n) is 4.31. The van der Waals surface area contributed by atoms with E-state index in [1.54, 1.807) is 12.1 Å². The van der Waals surface area contributed by atoms with Crippen LogP contribution < -0.4 is 16.0 Å². The molecule has 1 heterocycles. The molecular formula is C29H45N3O2. The lowest BCUT2D eigenvalue weighted by molar-refractivity contribution is 0.398. The molecule has 1 aromatic rings. The van der Waals surface area contributed by atoms with Crippen LogP contribution in [-0.4, -0.2) is 29.8 Å². The van der Waals surface area contributed by atoms with E-state index in [1.807, 2.05) is 13.1 Å². The minimum Gasteiger partial charge on any atom is -0.504 e. The Kier molecular flexibility index (Phi) is 11.3. The quantitative estimate of drug-likeness (QED) is 0.191. The van der Waals surface area contributed by atoms with Crippen LogP contribution in [0.15, 0.2) is 60.5 Å². The SMILES string of the molecule is C=C/C(=C\C(=C/CCC(C)C)NC)CC(C)Cc1cc(O)c(O)cc1CNC1CCC(=C)NC1. The Hall–Kier alpha value is -2.66. The van der Waals surface area contributed by atoms with E-state index in [-0.39, 0.29) is 11.5 Å². The number of likely N-dealkylation sites (N-methyl/N-ethyl adjacent to an activating group) is 1. The molecule has 0 spiro atoms. The monoisotopic (exact) mass is 467 g/mol. The fourth-order valence-corrected chi connectivity index (χ4v) is 4.31. The van der Waals surface area contributed by atoms with Crippen molar-refractivity contribution in [3.63, 3.8) is 0 Å². The number of benzene rings is 1. The van der Waals surface area contributed by atoms with Crippen LogP contribution in [0.5, 0.6) is 11.5 Å². The molecule has 2 atom stereocenters. The summed E-state index contributed by atoms with van der Waals surface area (Å²) in [6.45, 7) is 16.2. The highest BCUT2D eigenvalue weighted by molar-refractivity contribution is 5.46. The van der Waals surface area contributed by atoms with Gasteiger partial charge in [0.2, 0.25) is 0 Å². The van der Waals surface area contributed by atoms with Crippen molar-refractivity contribution in [2.75, 3.05) is 13.6 Å². The molecule has 0 aromatic heterocycles. The van der Waals surface area contributed by atoms with Crippen LogP contribution in [0.25, 0.3) is 0 Å². The smallest absolute Gasteiger partial charge is 0.157 e. The van der Waals surface area contributed by atoms with Gasteiger partial charge in [-0.2, -0.15) is 0 Å². The first-order valence-electron chi connectivity index (χ1n) is 12.6. The molecule has 188 valence electrons. The molecule has 0 aliphatic carbocycles. The van der Waals surface area contributed by atoms with E-state index in [4.69, 9.17) is 0 Å². The number of phenols is 2. The van der Waals surface area contributed by atoms with Gasteiger partial charge in [-0.3, -0.25) is 0 Å². The molecule has 0 radical (unpaired) electrons. The second-order valence-corrected chi connectivity index (χ2v) is 10.0. The number of hydrogen-bond donors (Lipinski definition) is 5. The van der Waals surface area contributed by atoms with Crippen LogP contribution in [0.3, 0.4) is 0 Å². The van der Waals surface area contributed by atoms with Gasteiger partial charge in [-0.05, 0) is 85.3 Å². The highest BCUT2D eigenvalue weighted by atomic mass is 16.3. The topological polar surface area (TPSA) is 76.5 Å². The number of phenolic OH excluding ortho intramolecular Hbond substituents is 2. The van der Waals surface area contributed by atoms with E-state index in [0.29, 0.717) is 24.4 Å². The van der Waals surface area contributed by atoms with E-state index in [9.17, 15) is 10.2 Å². The summed E-state index contributed by atoms with van der Waals surface area (Å²) in [5, 5.41) is 30.5. The summed E-state index contributed by atoms with van der Waals surface area (Å²) < 4.78 is 0. The first-order valence-corrected chi connectivity index (χ1v) is 12.6. The first kappa shape index (κ1) is 27.6. The maximum atomic E-state index is 10.2. The summed E-state index contributed by atoms with van der Waals surface area (Å²) in [4.78, 5) is 0. The summed E-state index contributed by atoms with van der Waals surface area (Å²) >= 11 is 0. The molecule has 0 saturated carbocycles. The number of allylic oxidation sites excluding steroid dienone is 5. The zero-order chi connectivity index (χ0) is 25.1. The summed E-state index contributed by atoms with van der Waals surface area (Å²) in [6, 6.07) is 3.77. The van der Waals surface area contributed by atoms with Crippen molar-refractivity contribution in [3.05, 3.63) is 71.6 Å². The van der Waals surface area contributed by atoms with Gasteiger partial charge in [0.05, 0.1) is 0 Å². The van der Waals surface area contributed by atoms with Crippen molar-refractivity contribution in [2.24, 2.45) is 11.8 Å². The van der Waals surface area contributed by atoms with Crippen LogP contribution in [-0.2, 0) is 13.0 Å². The first-order chi connectivity index (χ1) is 16.2. The van der Waals surface area contributed by atoms with Gasteiger partial charge in [0.1, 0.15) is 0 Å². The van der Waals surface area contributed by atoms with Crippen LogP contribution in [0, 0.1) is 11.8 Å². The third kappa shape index (κ3) is 9.30. The predicted octanol–water partition coefficient (Wildman–Crippen LogP) is 5.67. The second kappa shape index (κ2) is 13.9. The summed E-state index contributed by atoms with van der Waals surface area (Å²) in [6.07, 6.45) is 12.3. The second-order valence-electron chi connectivity index (χ2n) is 10.0. The van der Waals surface area contributed by atoms with Gasteiger partial charge in [0.15, 0.2) is 11.5 Å². The van der Waals surface area contributed by atoms with Gasteiger partial charge in [0.25, 0.3) is 0 Å². The zero-order valence-corrected chi connectivity index (χ0v) is 21.6. The zero-order valence-electron chi connectivity index (χ0n) is 21.6. The van der Waals surface area contributed by atoms with Crippen molar-refractivity contribution in [1.82, 2.24) is 16.0 Å². The number of hydrogen-bond acceptors (Lipinski definition) is 5. The molecule has 5 N–H and O–H groups in total. The van der Waals surface area contributed by atoms with Crippen LogP contribution in [0.2, 0.25) is 0 Å². The molecule has 1 fully saturated rings. The molecule has 34 heavy (non-hydrogen) atoms. The Morgan fingerprint density at radius 1 is 1.21 bits per heavy atom. The Morgan fingerprint density at radius 2 is 1.91 bits per heavy atom. The molecular weight excluding hydrogens is 422 g/mol. The van der Waals surface area contributed by atoms with Gasteiger partial charge in [-0.1, -0.05) is 46.1 Å². The Morgan fingerprint density at radius 3 is 2.50 bits per heavy atom. The average Bonchev–Trinajstić information content (AvgIpc) is 2.79. The van der Waals surface area contributed by atoms with Crippen LogP contribution in [0.4, 0.5) is 0 Å². The van der Waals surface area contributed by atoms with Crippen LogP contribution in [0.1, 0.15) is 64.0 Å². The minimum absolute atomic E-state index is 0.0633. The Labute approximate surface area is 206 Å². The molecule has 5 nitrogen and oxygen atoms in total. The Bertz CT molecular complexity index is 876. The van der Waals surface area contributed by atoms with Crippen molar-refractivity contribution in [1.29, 1.82) is 0 Å². The lowest BCUT2D eigenvalue weighted by Crippen LogP contribution is -2.41. The number of piperidine rings is 1. The standard InChI is InChI=1S/C29H45N3O2/c1-7-23(15-26(30-6)10-8-9-20(2)3)13-21(4)14-24-16-28(33)29(34)17-25(24)18-32-27-12-11-22(5)31-19-27/h7,10,15-17,20-21,27,30-34H,1,5,8-9,11-14,18-19H2,2-4,6H3/b23-15+,26-10+. The van der Waals surface area contributed by atoms with Gasteiger partial charge in [-0.15, -0.1) is 0 Å². The van der Waals surface area contributed by atoms with Crippen LogP contribution >= 0.6 is 0 Å². The predicted molar refractivity (Wildman–Crippen MR) is 144 cm³/mol. The normalized spacial score (nSPS) is 18.0. The molecule has 1 aliphatic heterocycles. The van der Waals surface area contributed by atoms with Gasteiger partial charge < -0.3 is 26.2 Å². The maximum absolute atomic E-state index is 10.2. The van der Waals surface area contributed by atoms with E-state index in [2.05, 4.69) is 62.0 Å². The van der Waals surface area contributed by atoms with Gasteiger partial charge in [-0.25, -0.2) is 0 Å². The lowest BCUT2D eigenvalue weighted by Gasteiger charge is -2.26. The van der Waals surface area contributed by atoms with Gasteiger partial charge in [0, 0.05) is 37.6 Å². The third-order valence-corrected chi connectivity index (χ3v) is 6.42. The third-order valence-electron chi connectivity index (χ3n) is 6.42. The number of rotatable bonds is 13. The number of aromatic hydroxyl groups is 2. The van der Waals surface area contributed by atoms with E-state index >= 15 is 0 Å². The van der Waals surface area contributed by atoms with Crippen molar-refractivity contribution < 1.29 is 10.2 Å². The summed E-state index contributed by atoms with van der Waals surface area (Å²) in [5.41, 5.74) is 5.50. The van der Waals surface area contributed by atoms with E-state index in [0.717, 1.165) is 61.2 Å². The maximum Gasteiger partial charge on any atom is 0.157 e. The molecule has 2 unspecified atom stereocenters. The largest absolute Gasteiger partial charge is 0.504 e. The van der Waals surface area contributed by atoms with Gasteiger partial charge >= 0.3 is 0 Å². The molecule has 1 saturated heterocycles. The highest BCUT2D eigenvalue weighted by Gasteiger charge is 2.17. The minimum atomic E-state index is -0.0692. The fraction of sp³-hybridized carbons (Fsp3) is 0.517. The van der Waals surface area contributed by atoms with Crippen molar-refractivity contribution in [2.45, 2.75) is 71.9 Å². The molecule has 5 heteroatoms. The van der Waals surface area contributed by atoms with Crippen molar-refractivity contribution in [3.8, 4) is 11.5 Å². The Balaban J connectivity index is 2.06.